The molecule has 0 spiro atoms. The van der Waals surface area contributed by atoms with Gasteiger partial charge >= 0.3 is 0 Å². The maximum atomic E-state index is 14.1. The summed E-state index contributed by atoms with van der Waals surface area (Å²) in [5.41, 5.74) is 2.90. The molecule has 0 aliphatic heterocycles. The van der Waals surface area contributed by atoms with Gasteiger partial charge in [0.2, 0.25) is 11.8 Å². The predicted molar refractivity (Wildman–Crippen MR) is 161 cm³/mol. The number of halogens is 1. The van der Waals surface area contributed by atoms with Gasteiger partial charge in [0, 0.05) is 18.1 Å². The monoisotopic (exact) mass is 583 g/mol. The fraction of sp³-hybridized carbons (Fsp3) is 0.355. The number of hydrogen-bond acceptors (Lipinski definition) is 4. The van der Waals surface area contributed by atoms with Gasteiger partial charge in [-0.2, -0.15) is 0 Å². The van der Waals surface area contributed by atoms with Crippen LogP contribution in [0.5, 0.6) is 0 Å². The van der Waals surface area contributed by atoms with Crippen LogP contribution in [0, 0.1) is 13.8 Å². The van der Waals surface area contributed by atoms with E-state index in [1.807, 2.05) is 52.0 Å². The van der Waals surface area contributed by atoms with Crippen LogP contribution in [0.25, 0.3) is 0 Å². The minimum atomic E-state index is -4.14. The van der Waals surface area contributed by atoms with Crippen molar-refractivity contribution in [2.45, 2.75) is 64.4 Å². The lowest BCUT2D eigenvalue weighted by molar-refractivity contribution is -0.140. The number of rotatable bonds is 13. The smallest absolute Gasteiger partial charge is 0.264 e. The van der Waals surface area contributed by atoms with Crippen LogP contribution >= 0.6 is 11.6 Å². The summed E-state index contributed by atoms with van der Waals surface area (Å²) in [6.07, 6.45) is 2.12. The molecule has 0 aromatic heterocycles. The molecule has 0 saturated heterocycles. The number of benzene rings is 3. The van der Waals surface area contributed by atoms with Crippen molar-refractivity contribution in [3.8, 4) is 0 Å². The zero-order chi connectivity index (χ0) is 29.3. The van der Waals surface area contributed by atoms with Gasteiger partial charge in [-0.1, -0.05) is 80.4 Å². The van der Waals surface area contributed by atoms with Crippen LogP contribution in [0.4, 0.5) is 5.69 Å². The van der Waals surface area contributed by atoms with Gasteiger partial charge in [0.05, 0.1) is 10.6 Å². The molecule has 3 aromatic carbocycles. The summed E-state index contributed by atoms with van der Waals surface area (Å²) in [7, 11) is -4.14. The second-order valence-corrected chi connectivity index (χ2v) is 12.0. The number of nitrogens with one attached hydrogen (secondary N) is 1. The molecule has 0 aliphatic carbocycles. The summed E-state index contributed by atoms with van der Waals surface area (Å²) in [4.78, 5) is 28.9. The minimum absolute atomic E-state index is 0.0503. The summed E-state index contributed by atoms with van der Waals surface area (Å²) in [6.45, 7) is 7.83. The number of hydrogen-bond donors (Lipinski definition) is 1. The molecule has 3 aromatic rings. The highest BCUT2D eigenvalue weighted by atomic mass is 35.5. The highest BCUT2D eigenvalue weighted by molar-refractivity contribution is 7.92. The van der Waals surface area contributed by atoms with E-state index in [2.05, 4.69) is 5.32 Å². The first-order valence-electron chi connectivity index (χ1n) is 13.6. The first kappa shape index (κ1) is 31.2. The molecule has 2 amide bonds. The fourth-order valence-corrected chi connectivity index (χ4v) is 5.98. The van der Waals surface area contributed by atoms with Crippen LogP contribution in [0.1, 0.15) is 49.8 Å². The Morgan fingerprint density at radius 2 is 1.60 bits per heavy atom. The number of nitrogens with zero attached hydrogens (tertiary/aromatic N) is 2. The Morgan fingerprint density at radius 1 is 0.925 bits per heavy atom. The Hall–Kier alpha value is -3.36. The lowest BCUT2D eigenvalue weighted by atomic mass is 10.1. The molecular formula is C31H38ClN3O4S. The minimum Gasteiger partial charge on any atom is -0.354 e. The van der Waals surface area contributed by atoms with Gasteiger partial charge in [-0.15, -0.1) is 0 Å². The average Bonchev–Trinajstić information content (AvgIpc) is 2.94. The third-order valence-electron chi connectivity index (χ3n) is 6.87. The van der Waals surface area contributed by atoms with Crippen molar-refractivity contribution in [2.75, 3.05) is 17.4 Å². The summed E-state index contributed by atoms with van der Waals surface area (Å²) < 4.78 is 28.8. The van der Waals surface area contributed by atoms with Crippen LogP contribution < -0.4 is 9.62 Å². The van der Waals surface area contributed by atoms with Gasteiger partial charge in [0.25, 0.3) is 10.0 Å². The van der Waals surface area contributed by atoms with Crippen molar-refractivity contribution in [3.05, 3.63) is 94.5 Å². The molecule has 214 valence electrons. The molecule has 0 heterocycles. The van der Waals surface area contributed by atoms with Crippen LogP contribution in [0.15, 0.2) is 77.7 Å². The Kier molecular flexibility index (Phi) is 11.2. The molecular weight excluding hydrogens is 546 g/mol. The molecule has 0 aliphatic rings. The number of sulfonamides is 1. The zero-order valence-corrected chi connectivity index (χ0v) is 25.1. The number of aryl methyl sites for hydroxylation is 2. The van der Waals surface area contributed by atoms with Crippen molar-refractivity contribution in [2.24, 2.45) is 0 Å². The second-order valence-electron chi connectivity index (χ2n) is 9.77. The molecule has 0 fully saturated rings. The lowest BCUT2D eigenvalue weighted by Gasteiger charge is -2.33. The van der Waals surface area contributed by atoms with Gasteiger partial charge in [0.1, 0.15) is 12.6 Å². The van der Waals surface area contributed by atoms with E-state index in [-0.39, 0.29) is 23.0 Å². The number of carbonyl (C=O) groups is 2. The summed E-state index contributed by atoms with van der Waals surface area (Å²) in [5.74, 6) is -0.745. The Balaban J connectivity index is 2.06. The molecule has 7 nitrogen and oxygen atoms in total. The number of amides is 2. The molecule has 1 N–H and O–H groups in total. The highest BCUT2D eigenvalue weighted by Gasteiger charge is 2.33. The molecule has 1 atom stereocenters. The topological polar surface area (TPSA) is 86.8 Å². The molecule has 0 saturated carbocycles. The molecule has 3 rings (SSSR count). The normalized spacial score (nSPS) is 12.0. The Bertz CT molecular complexity index is 1410. The summed E-state index contributed by atoms with van der Waals surface area (Å²) in [6, 6.07) is 19.8. The van der Waals surface area contributed by atoms with Gasteiger partial charge in [-0.3, -0.25) is 13.9 Å². The quantitative estimate of drug-likeness (QED) is 0.255. The van der Waals surface area contributed by atoms with Crippen LogP contribution in [-0.4, -0.2) is 44.3 Å². The van der Waals surface area contributed by atoms with E-state index in [0.717, 1.165) is 33.8 Å². The maximum absolute atomic E-state index is 14.1. The standard InChI is InChI=1S/C31H38ClN3O4S/c1-5-7-19-33-31(37)29(6-2)34(21-25-14-12-11-13-23(25)3)30(36)22-35(26-18-17-24(4)28(32)20-26)40(38,39)27-15-9-8-10-16-27/h8-18,20,29H,5-7,19,21-22H2,1-4H3,(H,33,37)/t29-/m0/s1. The van der Waals surface area contributed by atoms with Crippen molar-refractivity contribution < 1.29 is 18.0 Å². The van der Waals surface area contributed by atoms with Crippen LogP contribution in [0.2, 0.25) is 5.02 Å². The largest absolute Gasteiger partial charge is 0.354 e. The van der Waals surface area contributed by atoms with E-state index in [1.54, 1.807) is 36.4 Å². The zero-order valence-electron chi connectivity index (χ0n) is 23.6. The van der Waals surface area contributed by atoms with Crippen molar-refractivity contribution in [1.29, 1.82) is 0 Å². The van der Waals surface area contributed by atoms with Crippen molar-refractivity contribution in [3.63, 3.8) is 0 Å². The maximum Gasteiger partial charge on any atom is 0.264 e. The van der Waals surface area contributed by atoms with E-state index in [1.165, 1.54) is 17.0 Å². The van der Waals surface area contributed by atoms with E-state index >= 15 is 0 Å². The van der Waals surface area contributed by atoms with Gasteiger partial charge in [0.15, 0.2) is 0 Å². The average molecular weight is 584 g/mol. The van der Waals surface area contributed by atoms with Crippen molar-refractivity contribution >= 4 is 39.1 Å². The van der Waals surface area contributed by atoms with E-state index in [4.69, 9.17) is 11.6 Å². The van der Waals surface area contributed by atoms with Crippen LogP contribution in [-0.2, 0) is 26.2 Å². The molecule has 0 radical (unpaired) electrons. The molecule has 40 heavy (non-hydrogen) atoms. The van der Waals surface area contributed by atoms with Crippen LogP contribution in [0.3, 0.4) is 0 Å². The molecule has 0 bridgehead atoms. The van der Waals surface area contributed by atoms with Gasteiger partial charge in [-0.05, 0) is 67.6 Å². The number of unbranched alkanes of at least 4 members (excludes halogenated alkanes) is 1. The van der Waals surface area contributed by atoms with E-state index in [0.29, 0.717) is 18.0 Å². The first-order chi connectivity index (χ1) is 19.1. The Labute approximate surface area is 243 Å². The summed E-state index contributed by atoms with van der Waals surface area (Å²) in [5, 5.41) is 3.33. The summed E-state index contributed by atoms with van der Waals surface area (Å²) >= 11 is 6.38. The van der Waals surface area contributed by atoms with Gasteiger partial charge < -0.3 is 10.2 Å². The lowest BCUT2D eigenvalue weighted by Crippen LogP contribution is -2.52. The second kappa shape index (κ2) is 14.3. The third-order valence-corrected chi connectivity index (χ3v) is 9.07. The molecule has 0 unspecified atom stereocenters. The highest BCUT2D eigenvalue weighted by Crippen LogP contribution is 2.29. The number of anilines is 1. The predicted octanol–water partition coefficient (Wildman–Crippen LogP) is 5.88. The SMILES string of the molecule is CCCCNC(=O)[C@H](CC)N(Cc1ccccc1C)C(=O)CN(c1ccc(C)c(Cl)c1)S(=O)(=O)c1ccccc1. The van der Waals surface area contributed by atoms with Crippen molar-refractivity contribution in [1.82, 2.24) is 10.2 Å². The van der Waals surface area contributed by atoms with E-state index in [9.17, 15) is 18.0 Å². The number of carbonyl (C=O) groups excluding carboxylic acids is 2. The van der Waals surface area contributed by atoms with E-state index < -0.39 is 28.5 Å². The molecule has 9 heteroatoms. The van der Waals surface area contributed by atoms with Gasteiger partial charge in [-0.25, -0.2) is 8.42 Å². The Morgan fingerprint density at radius 3 is 2.23 bits per heavy atom. The fourth-order valence-electron chi connectivity index (χ4n) is 4.38. The first-order valence-corrected chi connectivity index (χ1v) is 15.4. The third kappa shape index (κ3) is 7.64.